The molecule has 1 aromatic carbocycles. The van der Waals surface area contributed by atoms with Crippen molar-refractivity contribution in [1.82, 2.24) is 0 Å². The Kier molecular flexibility index (Phi) is 13.1. The first-order valence-electron chi connectivity index (χ1n) is 11.0. The van der Waals surface area contributed by atoms with Gasteiger partial charge < -0.3 is 9.47 Å². The van der Waals surface area contributed by atoms with Crippen molar-refractivity contribution in [2.24, 2.45) is 5.92 Å². The summed E-state index contributed by atoms with van der Waals surface area (Å²) < 4.78 is 10.9. The van der Waals surface area contributed by atoms with E-state index in [0.29, 0.717) is 30.3 Å². The second kappa shape index (κ2) is 15.1. The van der Waals surface area contributed by atoms with Gasteiger partial charge in [-0.2, -0.15) is 0 Å². The van der Waals surface area contributed by atoms with Gasteiger partial charge in [-0.05, 0) is 30.9 Å². The van der Waals surface area contributed by atoms with Crippen molar-refractivity contribution in [2.75, 3.05) is 0 Å². The predicted molar refractivity (Wildman–Crippen MR) is 114 cm³/mol. The fraction of sp³-hybridized carbons (Fsp3) is 0.667. The molecule has 28 heavy (non-hydrogen) atoms. The molecule has 4 nitrogen and oxygen atoms in total. The lowest BCUT2D eigenvalue weighted by Crippen LogP contribution is -2.12. The fourth-order valence-electron chi connectivity index (χ4n) is 3.01. The Hall–Kier alpha value is -1.84. The number of hydrogen-bond acceptors (Lipinski definition) is 4. The minimum absolute atomic E-state index is 0.269. The van der Waals surface area contributed by atoms with E-state index in [4.69, 9.17) is 9.47 Å². The molecule has 0 atom stereocenters. The first-order valence-corrected chi connectivity index (χ1v) is 11.0. The second-order valence-corrected chi connectivity index (χ2v) is 7.91. The van der Waals surface area contributed by atoms with Crippen molar-refractivity contribution in [3.8, 4) is 11.5 Å². The van der Waals surface area contributed by atoms with Crippen LogP contribution in [-0.4, -0.2) is 11.9 Å². The minimum Gasteiger partial charge on any atom is -0.423 e. The van der Waals surface area contributed by atoms with E-state index in [0.717, 1.165) is 38.5 Å². The molecule has 0 aliphatic rings. The summed E-state index contributed by atoms with van der Waals surface area (Å²) >= 11 is 0. The average molecular weight is 391 g/mol. The zero-order valence-corrected chi connectivity index (χ0v) is 18.0. The summed E-state index contributed by atoms with van der Waals surface area (Å²) in [6.45, 7) is 6.56. The average Bonchev–Trinajstić information content (AvgIpc) is 2.66. The molecule has 4 heteroatoms. The van der Waals surface area contributed by atoms with Crippen LogP contribution < -0.4 is 9.47 Å². The fourth-order valence-corrected chi connectivity index (χ4v) is 3.01. The first kappa shape index (κ1) is 24.2. The number of benzene rings is 1. The molecule has 0 heterocycles. The van der Waals surface area contributed by atoms with Crippen LogP contribution in [0.2, 0.25) is 0 Å². The number of carbonyl (C=O) groups excluding carboxylic acids is 2. The quantitative estimate of drug-likeness (QED) is 0.187. The van der Waals surface area contributed by atoms with E-state index in [-0.39, 0.29) is 11.9 Å². The molecule has 0 aliphatic carbocycles. The summed E-state index contributed by atoms with van der Waals surface area (Å²) in [5, 5.41) is 0. The lowest BCUT2D eigenvalue weighted by atomic mass is 10.1. The van der Waals surface area contributed by atoms with Crippen LogP contribution in [0.5, 0.6) is 11.5 Å². The maximum atomic E-state index is 12.1. The van der Waals surface area contributed by atoms with E-state index in [1.54, 1.807) is 24.3 Å². The van der Waals surface area contributed by atoms with E-state index in [1.807, 2.05) is 0 Å². The number of carbonyl (C=O) groups is 2. The number of esters is 2. The van der Waals surface area contributed by atoms with Crippen LogP contribution in [0.4, 0.5) is 0 Å². The van der Waals surface area contributed by atoms with Gasteiger partial charge in [-0.25, -0.2) is 0 Å². The van der Waals surface area contributed by atoms with Crippen molar-refractivity contribution in [2.45, 2.75) is 97.8 Å². The van der Waals surface area contributed by atoms with Crippen LogP contribution in [-0.2, 0) is 9.59 Å². The van der Waals surface area contributed by atoms with E-state index in [2.05, 4.69) is 20.8 Å². The molecular weight excluding hydrogens is 352 g/mol. The molecule has 0 N–H and O–H groups in total. The van der Waals surface area contributed by atoms with Gasteiger partial charge in [0.25, 0.3) is 0 Å². The summed E-state index contributed by atoms with van der Waals surface area (Å²) in [5.41, 5.74) is 0. The molecule has 0 fully saturated rings. The van der Waals surface area contributed by atoms with Crippen molar-refractivity contribution in [1.29, 1.82) is 0 Å². The lowest BCUT2D eigenvalue weighted by molar-refractivity contribution is -0.137. The number of ether oxygens (including phenoxy) is 2. The van der Waals surface area contributed by atoms with E-state index >= 15 is 0 Å². The van der Waals surface area contributed by atoms with E-state index < -0.39 is 0 Å². The van der Waals surface area contributed by atoms with Crippen LogP contribution >= 0.6 is 0 Å². The number of rotatable bonds is 15. The van der Waals surface area contributed by atoms with Crippen LogP contribution in [0.25, 0.3) is 0 Å². The lowest BCUT2D eigenvalue weighted by Gasteiger charge is -2.10. The molecule has 1 aromatic rings. The Balaban J connectivity index is 2.33. The molecule has 1 rings (SSSR count). The largest absolute Gasteiger partial charge is 0.423 e. The highest BCUT2D eigenvalue weighted by Gasteiger charge is 2.13. The summed E-state index contributed by atoms with van der Waals surface area (Å²) in [4.78, 5) is 24.1. The highest BCUT2D eigenvalue weighted by atomic mass is 16.6. The molecule has 158 valence electrons. The Morgan fingerprint density at radius 2 is 1.21 bits per heavy atom. The monoisotopic (exact) mass is 390 g/mol. The van der Waals surface area contributed by atoms with Gasteiger partial charge in [0.05, 0.1) is 0 Å². The smallest absolute Gasteiger partial charge is 0.311 e. The van der Waals surface area contributed by atoms with Crippen LogP contribution in [0, 0.1) is 5.92 Å². The van der Waals surface area contributed by atoms with Crippen molar-refractivity contribution < 1.29 is 19.1 Å². The highest BCUT2D eigenvalue weighted by Crippen LogP contribution is 2.27. The third-order valence-electron chi connectivity index (χ3n) is 4.69. The molecule has 0 spiro atoms. The topological polar surface area (TPSA) is 52.6 Å². The molecule has 0 bridgehead atoms. The van der Waals surface area contributed by atoms with Gasteiger partial charge in [0.15, 0.2) is 11.5 Å². The number of hydrogen-bond donors (Lipinski definition) is 0. The Morgan fingerprint density at radius 1 is 0.750 bits per heavy atom. The minimum atomic E-state index is -0.278. The third kappa shape index (κ3) is 11.8. The van der Waals surface area contributed by atoms with E-state index in [1.165, 1.54) is 25.7 Å². The SMILES string of the molecule is CCCCCCCCCC(=O)Oc1ccccc1OC(=O)CCCCC(C)C. The Labute approximate surface area is 171 Å². The molecule has 0 aliphatic heterocycles. The van der Waals surface area contributed by atoms with Crippen molar-refractivity contribution >= 4 is 11.9 Å². The normalized spacial score (nSPS) is 10.9. The Bertz CT molecular complexity index is 565. The van der Waals surface area contributed by atoms with Crippen LogP contribution in [0.1, 0.15) is 97.8 Å². The Morgan fingerprint density at radius 3 is 1.71 bits per heavy atom. The van der Waals surface area contributed by atoms with Gasteiger partial charge in [-0.3, -0.25) is 9.59 Å². The van der Waals surface area contributed by atoms with Gasteiger partial charge >= 0.3 is 11.9 Å². The van der Waals surface area contributed by atoms with Crippen LogP contribution in [0.3, 0.4) is 0 Å². The number of para-hydroxylation sites is 2. The van der Waals surface area contributed by atoms with Gasteiger partial charge in [0.2, 0.25) is 0 Å². The maximum absolute atomic E-state index is 12.1. The zero-order chi connectivity index (χ0) is 20.6. The van der Waals surface area contributed by atoms with Crippen molar-refractivity contribution in [3.63, 3.8) is 0 Å². The standard InChI is InChI=1S/C24H38O4/c1-4-5-6-7-8-9-10-18-23(25)27-21-16-12-13-17-22(21)28-24(26)19-14-11-15-20(2)3/h12-13,16-17,20H,4-11,14-15,18-19H2,1-3H3. The first-order chi connectivity index (χ1) is 13.5. The molecule has 0 amide bonds. The predicted octanol–water partition coefficient (Wildman–Crippen LogP) is 6.85. The maximum Gasteiger partial charge on any atom is 0.311 e. The van der Waals surface area contributed by atoms with Crippen molar-refractivity contribution in [3.05, 3.63) is 24.3 Å². The molecule has 0 saturated heterocycles. The van der Waals surface area contributed by atoms with Gasteiger partial charge in [0.1, 0.15) is 0 Å². The molecule has 0 radical (unpaired) electrons. The second-order valence-electron chi connectivity index (χ2n) is 7.91. The van der Waals surface area contributed by atoms with E-state index in [9.17, 15) is 9.59 Å². The van der Waals surface area contributed by atoms with Gasteiger partial charge in [0, 0.05) is 12.8 Å². The molecule has 0 aromatic heterocycles. The zero-order valence-electron chi connectivity index (χ0n) is 18.0. The summed E-state index contributed by atoms with van der Waals surface area (Å²) in [6.07, 6.45) is 11.8. The highest BCUT2D eigenvalue weighted by molar-refractivity contribution is 5.76. The molecule has 0 unspecified atom stereocenters. The van der Waals surface area contributed by atoms with Gasteiger partial charge in [-0.1, -0.05) is 84.3 Å². The summed E-state index contributed by atoms with van der Waals surface area (Å²) in [5.74, 6) is 0.746. The van der Waals surface area contributed by atoms with Crippen LogP contribution in [0.15, 0.2) is 24.3 Å². The van der Waals surface area contributed by atoms with Gasteiger partial charge in [-0.15, -0.1) is 0 Å². The molecule has 0 saturated carbocycles. The molecular formula is C24H38O4. The number of unbranched alkanes of at least 4 members (excludes halogenated alkanes) is 7. The summed E-state index contributed by atoms with van der Waals surface area (Å²) in [6, 6.07) is 6.89. The summed E-state index contributed by atoms with van der Waals surface area (Å²) in [7, 11) is 0. The third-order valence-corrected chi connectivity index (χ3v) is 4.69.